The first kappa shape index (κ1) is 15.5. The molecule has 0 saturated heterocycles. The molecule has 0 heterocycles. The Morgan fingerprint density at radius 1 is 1.37 bits per heavy atom. The van der Waals surface area contributed by atoms with Crippen molar-refractivity contribution in [2.75, 3.05) is 6.61 Å². The summed E-state index contributed by atoms with van der Waals surface area (Å²) >= 11 is 0. The predicted molar refractivity (Wildman–Crippen MR) is 76.9 cm³/mol. The summed E-state index contributed by atoms with van der Waals surface area (Å²) in [5, 5.41) is 14.8. The molecule has 1 unspecified atom stereocenters. The molecule has 19 heavy (non-hydrogen) atoms. The van der Waals surface area contributed by atoms with Gasteiger partial charge in [-0.15, -0.1) is 0 Å². The third kappa shape index (κ3) is 4.91. The lowest BCUT2D eigenvalue weighted by Gasteiger charge is -2.29. The van der Waals surface area contributed by atoms with Crippen LogP contribution in [0.15, 0.2) is 24.3 Å². The number of rotatable bonds is 6. The van der Waals surface area contributed by atoms with E-state index in [1.165, 1.54) is 0 Å². The molecule has 0 aliphatic rings. The summed E-state index contributed by atoms with van der Waals surface area (Å²) in [6, 6.07) is 7.78. The Morgan fingerprint density at radius 3 is 2.63 bits per heavy atom. The highest BCUT2D eigenvalue weighted by atomic mass is 16.3. The van der Waals surface area contributed by atoms with Gasteiger partial charge in [0.1, 0.15) is 0 Å². The number of urea groups is 1. The Balaban J connectivity index is 2.50. The molecule has 0 bridgehead atoms. The van der Waals surface area contributed by atoms with Gasteiger partial charge in [-0.05, 0) is 37.8 Å². The van der Waals surface area contributed by atoms with Gasteiger partial charge in [0, 0.05) is 18.7 Å². The maximum atomic E-state index is 11.9. The molecule has 0 aromatic heterocycles. The zero-order valence-electron chi connectivity index (χ0n) is 12.0. The van der Waals surface area contributed by atoms with Gasteiger partial charge < -0.3 is 15.7 Å². The number of hydrogen-bond acceptors (Lipinski definition) is 2. The van der Waals surface area contributed by atoms with Crippen LogP contribution in [0, 0.1) is 6.92 Å². The summed E-state index contributed by atoms with van der Waals surface area (Å²) < 4.78 is 0. The maximum Gasteiger partial charge on any atom is 0.315 e. The molecule has 1 aromatic carbocycles. The van der Waals surface area contributed by atoms with Crippen molar-refractivity contribution in [3.63, 3.8) is 0 Å². The number of carbonyl (C=O) groups is 1. The van der Waals surface area contributed by atoms with Crippen molar-refractivity contribution in [3.05, 3.63) is 35.4 Å². The van der Waals surface area contributed by atoms with E-state index in [-0.39, 0.29) is 18.2 Å². The van der Waals surface area contributed by atoms with Crippen molar-refractivity contribution in [1.29, 1.82) is 0 Å². The fraction of sp³-hybridized carbons (Fsp3) is 0.533. The van der Waals surface area contributed by atoms with Crippen molar-refractivity contribution >= 4 is 6.03 Å². The number of aliphatic hydroxyl groups excluding tert-OH is 1. The Bertz CT molecular complexity index is 420. The van der Waals surface area contributed by atoms with Crippen LogP contribution >= 0.6 is 0 Å². The molecule has 3 N–H and O–H groups in total. The molecule has 2 amide bonds. The van der Waals surface area contributed by atoms with Gasteiger partial charge in [0.2, 0.25) is 0 Å². The molecule has 0 radical (unpaired) electrons. The maximum absolute atomic E-state index is 11.9. The lowest BCUT2D eigenvalue weighted by molar-refractivity contribution is 0.200. The number of benzene rings is 1. The van der Waals surface area contributed by atoms with Gasteiger partial charge in [0.15, 0.2) is 0 Å². The Hall–Kier alpha value is -1.55. The van der Waals surface area contributed by atoms with Crippen LogP contribution in [0.25, 0.3) is 0 Å². The second kappa shape index (κ2) is 7.14. The highest BCUT2D eigenvalue weighted by Gasteiger charge is 2.23. The van der Waals surface area contributed by atoms with Crippen LogP contribution in [0.4, 0.5) is 4.79 Å². The number of carbonyl (C=O) groups excluding carboxylic acids is 1. The minimum Gasteiger partial charge on any atom is -0.396 e. The zero-order chi connectivity index (χ0) is 14.3. The van der Waals surface area contributed by atoms with Gasteiger partial charge in [-0.3, -0.25) is 0 Å². The summed E-state index contributed by atoms with van der Waals surface area (Å²) in [5.74, 6) is 0. The molecular formula is C15H24N2O2. The van der Waals surface area contributed by atoms with E-state index in [4.69, 9.17) is 5.11 Å². The van der Waals surface area contributed by atoms with Crippen molar-refractivity contribution in [3.8, 4) is 0 Å². The number of nitrogens with one attached hydrogen (secondary N) is 2. The predicted octanol–water partition coefficient (Wildman–Crippen LogP) is 2.35. The summed E-state index contributed by atoms with van der Waals surface area (Å²) in [5.41, 5.74) is 1.92. The third-order valence-corrected chi connectivity index (χ3v) is 3.56. The van der Waals surface area contributed by atoms with E-state index in [1.807, 2.05) is 45.0 Å². The second-order valence-electron chi connectivity index (χ2n) is 5.12. The lowest BCUT2D eigenvalue weighted by atomic mass is 9.95. The smallest absolute Gasteiger partial charge is 0.315 e. The first-order valence-corrected chi connectivity index (χ1v) is 6.72. The van der Waals surface area contributed by atoms with Crippen LogP contribution in [-0.2, 0) is 6.54 Å². The summed E-state index contributed by atoms with van der Waals surface area (Å²) in [4.78, 5) is 11.9. The molecule has 0 aliphatic carbocycles. The van der Waals surface area contributed by atoms with E-state index in [0.29, 0.717) is 13.0 Å². The fourth-order valence-electron chi connectivity index (χ4n) is 1.88. The molecular weight excluding hydrogens is 240 g/mol. The van der Waals surface area contributed by atoms with Gasteiger partial charge in [0.05, 0.1) is 0 Å². The highest BCUT2D eigenvalue weighted by molar-refractivity contribution is 5.74. The molecule has 0 fully saturated rings. The molecule has 0 saturated carbocycles. The Morgan fingerprint density at radius 2 is 2.05 bits per heavy atom. The van der Waals surface area contributed by atoms with Crippen molar-refractivity contribution < 1.29 is 9.90 Å². The molecule has 1 aromatic rings. The van der Waals surface area contributed by atoms with Crippen LogP contribution in [0.5, 0.6) is 0 Å². The minimum absolute atomic E-state index is 0.0718. The van der Waals surface area contributed by atoms with E-state index >= 15 is 0 Å². The average Bonchev–Trinajstić information content (AvgIpc) is 2.38. The van der Waals surface area contributed by atoms with Crippen LogP contribution in [-0.4, -0.2) is 23.3 Å². The summed E-state index contributed by atoms with van der Waals surface area (Å²) in [7, 11) is 0. The summed E-state index contributed by atoms with van der Waals surface area (Å²) in [6.45, 7) is 6.55. The lowest BCUT2D eigenvalue weighted by Crippen LogP contribution is -2.50. The van der Waals surface area contributed by atoms with Gasteiger partial charge in [-0.2, -0.15) is 0 Å². The standard InChI is InChI=1S/C15H24N2O2/c1-4-15(3,9-10-18)17-14(19)16-11-13-8-6-5-7-12(13)2/h5-8,18H,4,9-11H2,1-3H3,(H2,16,17,19). The van der Waals surface area contributed by atoms with Crippen molar-refractivity contribution in [1.82, 2.24) is 10.6 Å². The van der Waals surface area contributed by atoms with E-state index in [2.05, 4.69) is 10.6 Å². The third-order valence-electron chi connectivity index (χ3n) is 3.56. The number of aliphatic hydroxyl groups is 1. The van der Waals surface area contributed by atoms with Crippen LogP contribution in [0.3, 0.4) is 0 Å². The molecule has 4 heteroatoms. The highest BCUT2D eigenvalue weighted by Crippen LogP contribution is 2.13. The molecule has 1 rings (SSSR count). The topological polar surface area (TPSA) is 61.4 Å². The van der Waals surface area contributed by atoms with E-state index in [1.54, 1.807) is 0 Å². The van der Waals surface area contributed by atoms with Crippen LogP contribution in [0.2, 0.25) is 0 Å². The van der Waals surface area contributed by atoms with Crippen LogP contribution in [0.1, 0.15) is 37.8 Å². The van der Waals surface area contributed by atoms with Crippen LogP contribution < -0.4 is 10.6 Å². The number of aryl methyl sites for hydroxylation is 1. The normalized spacial score (nSPS) is 13.7. The summed E-state index contributed by atoms with van der Waals surface area (Å²) in [6.07, 6.45) is 1.34. The largest absolute Gasteiger partial charge is 0.396 e. The first-order chi connectivity index (χ1) is 9.00. The Labute approximate surface area is 115 Å². The molecule has 106 valence electrons. The molecule has 0 aliphatic heterocycles. The van der Waals surface area contributed by atoms with Crippen molar-refractivity contribution in [2.24, 2.45) is 0 Å². The van der Waals surface area contributed by atoms with Gasteiger partial charge in [-0.25, -0.2) is 4.79 Å². The molecule has 4 nitrogen and oxygen atoms in total. The second-order valence-corrected chi connectivity index (χ2v) is 5.12. The number of hydrogen-bond donors (Lipinski definition) is 3. The van der Waals surface area contributed by atoms with Crippen molar-refractivity contribution in [2.45, 2.75) is 45.7 Å². The van der Waals surface area contributed by atoms with E-state index in [0.717, 1.165) is 17.5 Å². The Kier molecular flexibility index (Phi) is 5.83. The quantitative estimate of drug-likeness (QED) is 0.738. The van der Waals surface area contributed by atoms with Gasteiger partial charge >= 0.3 is 6.03 Å². The monoisotopic (exact) mass is 264 g/mol. The minimum atomic E-state index is -0.357. The van der Waals surface area contributed by atoms with E-state index in [9.17, 15) is 4.79 Å². The number of amides is 2. The van der Waals surface area contributed by atoms with E-state index < -0.39 is 0 Å². The zero-order valence-corrected chi connectivity index (χ0v) is 12.0. The SMILES string of the molecule is CCC(C)(CCO)NC(=O)NCc1ccccc1C. The first-order valence-electron chi connectivity index (χ1n) is 6.72. The molecule has 0 spiro atoms. The van der Waals surface area contributed by atoms with Gasteiger partial charge in [-0.1, -0.05) is 31.2 Å². The fourth-order valence-corrected chi connectivity index (χ4v) is 1.88. The molecule has 1 atom stereocenters. The average molecular weight is 264 g/mol. The van der Waals surface area contributed by atoms with Gasteiger partial charge in [0.25, 0.3) is 0 Å².